The van der Waals surface area contributed by atoms with Gasteiger partial charge >= 0.3 is 0 Å². The van der Waals surface area contributed by atoms with Gasteiger partial charge in [-0.25, -0.2) is 0 Å². The number of guanidine groups is 1. The van der Waals surface area contributed by atoms with Crippen molar-refractivity contribution in [1.82, 2.24) is 4.98 Å². The zero-order valence-electron chi connectivity index (χ0n) is 10.7. The summed E-state index contributed by atoms with van der Waals surface area (Å²) in [6, 6.07) is 1.89. The standard InChI is InChI=1S/C13H18N4O/c1-7-3-4-11-9(5-7)6-10(8(2)16-11)12(18)17-13(14)15/h6-7H,3-5H2,1-2H3,(H4,14,15,17,18). The summed E-state index contributed by atoms with van der Waals surface area (Å²) in [6.45, 7) is 4.02. The van der Waals surface area contributed by atoms with Crippen molar-refractivity contribution in [2.45, 2.75) is 33.1 Å². The second kappa shape index (κ2) is 4.76. The monoisotopic (exact) mass is 246 g/mol. The molecular formula is C13H18N4O. The summed E-state index contributed by atoms with van der Waals surface area (Å²) in [5.74, 6) is -0.000414. The molecule has 4 N–H and O–H groups in total. The highest BCUT2D eigenvalue weighted by Crippen LogP contribution is 2.25. The third-order valence-electron chi connectivity index (χ3n) is 3.29. The molecule has 0 aliphatic heterocycles. The van der Waals surface area contributed by atoms with Crippen LogP contribution in [-0.2, 0) is 12.8 Å². The first-order valence-corrected chi connectivity index (χ1v) is 6.10. The summed E-state index contributed by atoms with van der Waals surface area (Å²) in [5, 5.41) is 0. The van der Waals surface area contributed by atoms with Gasteiger partial charge in [-0.1, -0.05) is 6.92 Å². The maximum Gasteiger partial charge on any atom is 0.282 e. The maximum atomic E-state index is 11.9. The number of nitrogens with two attached hydrogens (primary N) is 2. The van der Waals surface area contributed by atoms with Gasteiger partial charge < -0.3 is 11.5 Å². The quantitative estimate of drug-likeness (QED) is 0.569. The number of nitrogens with zero attached hydrogens (tertiary/aromatic N) is 2. The minimum Gasteiger partial charge on any atom is -0.370 e. The lowest BCUT2D eigenvalue weighted by atomic mass is 9.87. The van der Waals surface area contributed by atoms with Gasteiger partial charge in [-0.3, -0.25) is 9.78 Å². The molecule has 1 aliphatic carbocycles. The first-order chi connectivity index (χ1) is 8.47. The van der Waals surface area contributed by atoms with Gasteiger partial charge in [0.25, 0.3) is 5.91 Å². The van der Waals surface area contributed by atoms with E-state index in [1.807, 2.05) is 13.0 Å². The van der Waals surface area contributed by atoms with Gasteiger partial charge in [0.2, 0.25) is 0 Å². The van der Waals surface area contributed by atoms with Crippen molar-refractivity contribution >= 4 is 11.9 Å². The van der Waals surface area contributed by atoms with Gasteiger partial charge in [-0.2, -0.15) is 4.99 Å². The number of aryl methyl sites for hydroxylation is 2. The maximum absolute atomic E-state index is 11.9. The Labute approximate surface area is 106 Å². The van der Waals surface area contributed by atoms with Crippen molar-refractivity contribution in [1.29, 1.82) is 0 Å². The van der Waals surface area contributed by atoms with Crippen molar-refractivity contribution in [2.75, 3.05) is 0 Å². The highest BCUT2D eigenvalue weighted by molar-refractivity contribution is 6.02. The largest absolute Gasteiger partial charge is 0.370 e. The van der Waals surface area contributed by atoms with Gasteiger partial charge in [0.1, 0.15) is 0 Å². The van der Waals surface area contributed by atoms with Crippen LogP contribution in [0.5, 0.6) is 0 Å². The van der Waals surface area contributed by atoms with E-state index in [1.165, 1.54) is 0 Å². The Morgan fingerprint density at radius 1 is 1.50 bits per heavy atom. The number of hydrogen-bond acceptors (Lipinski definition) is 2. The molecule has 1 heterocycles. The Bertz CT molecular complexity index is 518. The molecule has 18 heavy (non-hydrogen) atoms. The number of aliphatic imine (C=N–C) groups is 1. The molecule has 96 valence electrons. The highest BCUT2D eigenvalue weighted by Gasteiger charge is 2.20. The SMILES string of the molecule is Cc1nc2c(cc1C(=O)N=C(N)N)CC(C)CC2. The summed E-state index contributed by atoms with van der Waals surface area (Å²) in [5.41, 5.74) is 13.9. The van der Waals surface area contributed by atoms with Crippen molar-refractivity contribution in [3.05, 3.63) is 28.6 Å². The molecule has 1 aliphatic rings. The first-order valence-electron chi connectivity index (χ1n) is 6.10. The Balaban J connectivity index is 2.41. The van der Waals surface area contributed by atoms with Crippen molar-refractivity contribution in [3.8, 4) is 0 Å². The predicted molar refractivity (Wildman–Crippen MR) is 70.3 cm³/mol. The lowest BCUT2D eigenvalue weighted by Gasteiger charge is -2.21. The van der Waals surface area contributed by atoms with Gasteiger partial charge in [-0.15, -0.1) is 0 Å². The van der Waals surface area contributed by atoms with Crippen LogP contribution in [0.4, 0.5) is 0 Å². The van der Waals surface area contributed by atoms with Crippen molar-refractivity contribution in [2.24, 2.45) is 22.4 Å². The van der Waals surface area contributed by atoms with Gasteiger partial charge in [-0.05, 0) is 43.7 Å². The second-order valence-electron chi connectivity index (χ2n) is 4.92. The third-order valence-corrected chi connectivity index (χ3v) is 3.29. The van der Waals surface area contributed by atoms with Crippen LogP contribution in [0, 0.1) is 12.8 Å². The molecular weight excluding hydrogens is 228 g/mol. The normalized spacial score (nSPS) is 18.0. The number of carbonyl (C=O) groups excluding carboxylic acids is 1. The molecule has 0 bridgehead atoms. The molecule has 1 aromatic heterocycles. The summed E-state index contributed by atoms with van der Waals surface area (Å²) in [6.07, 6.45) is 3.10. The van der Waals surface area contributed by atoms with E-state index in [-0.39, 0.29) is 5.96 Å². The molecule has 1 unspecified atom stereocenters. The van der Waals surface area contributed by atoms with E-state index in [0.717, 1.165) is 30.5 Å². The molecule has 0 saturated carbocycles. The molecule has 1 atom stereocenters. The van der Waals surface area contributed by atoms with Crippen LogP contribution in [0.1, 0.15) is 40.7 Å². The molecule has 0 radical (unpaired) electrons. The molecule has 0 spiro atoms. The summed E-state index contributed by atoms with van der Waals surface area (Å²) >= 11 is 0. The van der Waals surface area contributed by atoms with Crippen molar-refractivity contribution in [3.63, 3.8) is 0 Å². The molecule has 2 rings (SSSR count). The van der Waals surface area contributed by atoms with Crippen LogP contribution in [0.2, 0.25) is 0 Å². The van der Waals surface area contributed by atoms with Crippen LogP contribution in [-0.4, -0.2) is 16.9 Å². The number of hydrogen-bond donors (Lipinski definition) is 2. The molecule has 5 heteroatoms. The second-order valence-corrected chi connectivity index (χ2v) is 4.92. The van der Waals surface area contributed by atoms with E-state index in [1.54, 1.807) is 0 Å². The van der Waals surface area contributed by atoms with E-state index >= 15 is 0 Å². The van der Waals surface area contributed by atoms with Crippen LogP contribution in [0.3, 0.4) is 0 Å². The lowest BCUT2D eigenvalue weighted by molar-refractivity contribution is 0.100. The number of pyridine rings is 1. The molecule has 0 saturated heterocycles. The van der Waals surface area contributed by atoms with Crippen LogP contribution >= 0.6 is 0 Å². The number of aromatic nitrogens is 1. The number of rotatable bonds is 1. The predicted octanol–water partition coefficient (Wildman–Crippen LogP) is 0.928. The Morgan fingerprint density at radius 3 is 2.89 bits per heavy atom. The molecule has 5 nitrogen and oxygen atoms in total. The third kappa shape index (κ3) is 2.50. The highest BCUT2D eigenvalue weighted by atomic mass is 16.1. The van der Waals surface area contributed by atoms with Crippen LogP contribution in [0.15, 0.2) is 11.1 Å². The minimum absolute atomic E-state index is 0.217. The molecule has 1 aromatic rings. The van der Waals surface area contributed by atoms with E-state index in [9.17, 15) is 4.79 Å². The zero-order chi connectivity index (χ0) is 13.3. The zero-order valence-corrected chi connectivity index (χ0v) is 10.7. The summed E-state index contributed by atoms with van der Waals surface area (Å²) in [7, 11) is 0. The van der Waals surface area contributed by atoms with E-state index in [0.29, 0.717) is 17.2 Å². The smallest absolute Gasteiger partial charge is 0.282 e. The Kier molecular flexibility index (Phi) is 3.32. The van der Waals surface area contributed by atoms with E-state index < -0.39 is 5.91 Å². The van der Waals surface area contributed by atoms with Crippen LogP contribution in [0.25, 0.3) is 0 Å². The fraction of sp³-hybridized carbons (Fsp3) is 0.462. The topological polar surface area (TPSA) is 94.4 Å². The first kappa shape index (κ1) is 12.5. The summed E-state index contributed by atoms with van der Waals surface area (Å²) < 4.78 is 0. The fourth-order valence-electron chi connectivity index (χ4n) is 2.34. The molecule has 0 aromatic carbocycles. The van der Waals surface area contributed by atoms with Crippen molar-refractivity contribution < 1.29 is 4.79 Å². The number of amides is 1. The average Bonchev–Trinajstić information content (AvgIpc) is 2.27. The molecule has 0 fully saturated rings. The van der Waals surface area contributed by atoms with Gasteiger partial charge in [0, 0.05) is 5.69 Å². The van der Waals surface area contributed by atoms with Gasteiger partial charge in [0.05, 0.1) is 11.3 Å². The number of fused-ring (bicyclic) bond motifs is 1. The van der Waals surface area contributed by atoms with Gasteiger partial charge in [0.15, 0.2) is 5.96 Å². The Morgan fingerprint density at radius 2 is 2.22 bits per heavy atom. The Hall–Kier alpha value is -1.91. The summed E-state index contributed by atoms with van der Waals surface area (Å²) in [4.78, 5) is 19.9. The van der Waals surface area contributed by atoms with E-state index in [4.69, 9.17) is 11.5 Å². The average molecular weight is 246 g/mol. The molecule has 1 amide bonds. The fourth-order valence-corrected chi connectivity index (χ4v) is 2.34. The minimum atomic E-state index is -0.416. The van der Waals surface area contributed by atoms with Crippen LogP contribution < -0.4 is 11.5 Å². The lowest BCUT2D eigenvalue weighted by Crippen LogP contribution is -2.24. The van der Waals surface area contributed by atoms with E-state index in [2.05, 4.69) is 16.9 Å². The number of carbonyl (C=O) groups is 1.